The zero-order chi connectivity index (χ0) is 23.3. The third-order valence-electron chi connectivity index (χ3n) is 5.15. The van der Waals surface area contributed by atoms with E-state index < -0.39 is 0 Å². The summed E-state index contributed by atoms with van der Waals surface area (Å²) in [4.78, 5) is 7.01. The largest absolute Gasteiger partial charge is 0.493 e. The standard InChI is InChI=1S/C24H39N5O3.HI/c1-7-25-24(27-17-20-15-21(18(4)5)28-32-20)26-16-19-10-11-22(23(14-19)30-6)31-13-12-29(8-2)9-3;/h10-11,14-15,18H,7-9,12-13,16-17H2,1-6H3,(H2,25,26,27);1H. The molecule has 1 aromatic carbocycles. The minimum atomic E-state index is 0. The van der Waals surface area contributed by atoms with Crippen LogP contribution in [-0.4, -0.2) is 55.9 Å². The Morgan fingerprint density at radius 1 is 1.12 bits per heavy atom. The van der Waals surface area contributed by atoms with Gasteiger partial charge in [-0.3, -0.25) is 0 Å². The van der Waals surface area contributed by atoms with Crippen molar-refractivity contribution < 1.29 is 14.0 Å². The van der Waals surface area contributed by atoms with Gasteiger partial charge >= 0.3 is 0 Å². The van der Waals surface area contributed by atoms with Gasteiger partial charge in [0.1, 0.15) is 6.61 Å². The highest BCUT2D eigenvalue weighted by molar-refractivity contribution is 14.0. The van der Waals surface area contributed by atoms with Gasteiger partial charge < -0.3 is 29.5 Å². The summed E-state index contributed by atoms with van der Waals surface area (Å²) in [5, 5.41) is 10.6. The Balaban J connectivity index is 0.00000544. The maximum atomic E-state index is 5.94. The molecule has 186 valence electrons. The number of rotatable bonds is 13. The minimum Gasteiger partial charge on any atom is -0.493 e. The molecule has 0 saturated heterocycles. The van der Waals surface area contributed by atoms with Crippen LogP contribution in [0.3, 0.4) is 0 Å². The van der Waals surface area contributed by atoms with Gasteiger partial charge in [0, 0.05) is 19.2 Å². The number of benzene rings is 1. The van der Waals surface area contributed by atoms with Crippen molar-refractivity contribution >= 4 is 29.9 Å². The molecule has 0 aliphatic carbocycles. The fourth-order valence-corrected chi connectivity index (χ4v) is 3.12. The lowest BCUT2D eigenvalue weighted by atomic mass is 10.1. The lowest BCUT2D eigenvalue weighted by molar-refractivity contribution is 0.217. The molecule has 0 amide bonds. The van der Waals surface area contributed by atoms with Crippen molar-refractivity contribution in [3.8, 4) is 11.5 Å². The normalized spacial score (nSPS) is 11.5. The summed E-state index contributed by atoms with van der Waals surface area (Å²) in [7, 11) is 1.66. The molecule has 9 heteroatoms. The third-order valence-corrected chi connectivity index (χ3v) is 5.15. The molecule has 0 atom stereocenters. The molecule has 0 aliphatic heterocycles. The summed E-state index contributed by atoms with van der Waals surface area (Å²) in [5.41, 5.74) is 1.99. The maximum Gasteiger partial charge on any atom is 0.191 e. The zero-order valence-corrected chi connectivity index (χ0v) is 23.1. The Labute approximate surface area is 215 Å². The Kier molecular flexibility index (Phi) is 13.9. The molecule has 0 bridgehead atoms. The molecular weight excluding hydrogens is 533 g/mol. The van der Waals surface area contributed by atoms with Crippen LogP contribution < -0.4 is 20.1 Å². The van der Waals surface area contributed by atoms with Gasteiger partial charge in [-0.2, -0.15) is 0 Å². The zero-order valence-electron chi connectivity index (χ0n) is 20.8. The molecule has 0 saturated carbocycles. The van der Waals surface area contributed by atoms with Gasteiger partial charge in [-0.15, -0.1) is 24.0 Å². The molecule has 0 fully saturated rings. The Morgan fingerprint density at radius 2 is 1.88 bits per heavy atom. The summed E-state index contributed by atoms with van der Waals surface area (Å²) < 4.78 is 16.9. The van der Waals surface area contributed by atoms with E-state index in [4.69, 9.17) is 14.0 Å². The number of aromatic nitrogens is 1. The Morgan fingerprint density at radius 3 is 2.48 bits per heavy atom. The summed E-state index contributed by atoms with van der Waals surface area (Å²) in [6.07, 6.45) is 0. The second-order valence-electron chi connectivity index (χ2n) is 7.78. The number of aliphatic imine (C=N–C) groups is 1. The Bertz CT molecular complexity index is 837. The molecule has 2 N–H and O–H groups in total. The number of methoxy groups -OCH3 is 1. The van der Waals surface area contributed by atoms with E-state index in [1.807, 2.05) is 31.2 Å². The first-order chi connectivity index (χ1) is 15.5. The van der Waals surface area contributed by atoms with E-state index in [1.165, 1.54) is 0 Å². The molecule has 0 spiro atoms. The number of hydrogen-bond donors (Lipinski definition) is 2. The fraction of sp³-hybridized carbons (Fsp3) is 0.583. The molecule has 2 rings (SSSR count). The lowest BCUT2D eigenvalue weighted by Gasteiger charge is -2.19. The molecular formula is C24H40IN5O3. The van der Waals surface area contributed by atoms with Crippen molar-refractivity contribution in [2.45, 2.75) is 53.6 Å². The van der Waals surface area contributed by atoms with Crippen molar-refractivity contribution in [3.05, 3.63) is 41.3 Å². The summed E-state index contributed by atoms with van der Waals surface area (Å²) in [6, 6.07) is 7.93. The molecule has 2 aromatic rings. The van der Waals surface area contributed by atoms with Crippen LogP contribution in [0.5, 0.6) is 11.5 Å². The molecule has 0 aliphatic rings. The van der Waals surface area contributed by atoms with Crippen LogP contribution in [0.15, 0.2) is 33.8 Å². The number of halogens is 1. The average molecular weight is 574 g/mol. The second-order valence-corrected chi connectivity index (χ2v) is 7.78. The van der Waals surface area contributed by atoms with E-state index in [0.29, 0.717) is 31.6 Å². The monoisotopic (exact) mass is 573 g/mol. The highest BCUT2D eigenvalue weighted by atomic mass is 127. The van der Waals surface area contributed by atoms with Crippen LogP contribution in [0.4, 0.5) is 0 Å². The Hall–Kier alpha value is -2.01. The van der Waals surface area contributed by atoms with Crippen LogP contribution in [0.2, 0.25) is 0 Å². The van der Waals surface area contributed by atoms with Crippen LogP contribution in [0, 0.1) is 0 Å². The van der Waals surface area contributed by atoms with E-state index in [9.17, 15) is 0 Å². The van der Waals surface area contributed by atoms with Gasteiger partial charge in [0.05, 0.1) is 25.9 Å². The predicted molar refractivity (Wildman–Crippen MR) is 144 cm³/mol. The van der Waals surface area contributed by atoms with Crippen molar-refractivity contribution in [1.82, 2.24) is 20.7 Å². The number of nitrogens with one attached hydrogen (secondary N) is 2. The van der Waals surface area contributed by atoms with Gasteiger partial charge in [-0.25, -0.2) is 4.99 Å². The van der Waals surface area contributed by atoms with Crippen LogP contribution in [-0.2, 0) is 13.1 Å². The SMILES string of the molecule is CCNC(=NCc1ccc(OCCN(CC)CC)c(OC)c1)NCc1cc(C(C)C)no1.I. The van der Waals surface area contributed by atoms with E-state index in [-0.39, 0.29) is 24.0 Å². The second kappa shape index (κ2) is 15.8. The quantitative estimate of drug-likeness (QED) is 0.209. The van der Waals surface area contributed by atoms with E-state index in [2.05, 4.69) is 53.4 Å². The van der Waals surface area contributed by atoms with Crippen LogP contribution in [0.1, 0.15) is 57.6 Å². The highest BCUT2D eigenvalue weighted by Gasteiger charge is 2.09. The number of ether oxygens (including phenoxy) is 2. The lowest BCUT2D eigenvalue weighted by Crippen LogP contribution is -2.36. The van der Waals surface area contributed by atoms with Gasteiger partial charge in [-0.05, 0) is 43.6 Å². The number of hydrogen-bond acceptors (Lipinski definition) is 6. The van der Waals surface area contributed by atoms with E-state index in [1.54, 1.807) is 7.11 Å². The molecule has 8 nitrogen and oxygen atoms in total. The average Bonchev–Trinajstić information content (AvgIpc) is 3.28. The minimum absolute atomic E-state index is 0. The smallest absolute Gasteiger partial charge is 0.191 e. The number of nitrogens with zero attached hydrogens (tertiary/aromatic N) is 3. The molecule has 0 unspecified atom stereocenters. The van der Waals surface area contributed by atoms with E-state index in [0.717, 1.165) is 54.7 Å². The molecule has 1 aromatic heterocycles. The summed E-state index contributed by atoms with van der Waals surface area (Å²) in [5.74, 6) is 3.32. The van der Waals surface area contributed by atoms with Crippen molar-refractivity contribution in [1.29, 1.82) is 0 Å². The van der Waals surface area contributed by atoms with Crippen molar-refractivity contribution in [2.24, 2.45) is 4.99 Å². The number of likely N-dealkylation sites (N-methyl/N-ethyl adjacent to an activating group) is 1. The van der Waals surface area contributed by atoms with Gasteiger partial charge in [0.25, 0.3) is 0 Å². The first kappa shape index (κ1) is 29.0. The van der Waals surface area contributed by atoms with Crippen LogP contribution in [0.25, 0.3) is 0 Å². The number of guanidine groups is 1. The van der Waals surface area contributed by atoms with Gasteiger partial charge in [0.15, 0.2) is 23.2 Å². The molecule has 33 heavy (non-hydrogen) atoms. The maximum absolute atomic E-state index is 5.94. The first-order valence-corrected chi connectivity index (χ1v) is 11.5. The van der Waals surface area contributed by atoms with Gasteiger partial charge in [0.2, 0.25) is 0 Å². The van der Waals surface area contributed by atoms with Crippen LogP contribution >= 0.6 is 24.0 Å². The topological polar surface area (TPSA) is 84.2 Å². The molecule has 0 radical (unpaired) electrons. The predicted octanol–water partition coefficient (Wildman–Crippen LogP) is 4.40. The first-order valence-electron chi connectivity index (χ1n) is 11.5. The highest BCUT2D eigenvalue weighted by Crippen LogP contribution is 2.28. The van der Waals surface area contributed by atoms with Gasteiger partial charge in [-0.1, -0.05) is 38.9 Å². The summed E-state index contributed by atoms with van der Waals surface area (Å²) in [6.45, 7) is 15.9. The van der Waals surface area contributed by atoms with E-state index >= 15 is 0 Å². The molecule has 1 heterocycles. The van der Waals surface area contributed by atoms with Crippen molar-refractivity contribution in [2.75, 3.05) is 39.9 Å². The fourth-order valence-electron chi connectivity index (χ4n) is 3.12. The summed E-state index contributed by atoms with van der Waals surface area (Å²) >= 11 is 0. The third kappa shape index (κ3) is 9.79. The van der Waals surface area contributed by atoms with Crippen molar-refractivity contribution in [3.63, 3.8) is 0 Å².